The Balaban J connectivity index is 1.94. The Labute approximate surface area is 143 Å². The predicted molar refractivity (Wildman–Crippen MR) is 90.1 cm³/mol. The van der Waals surface area contributed by atoms with Crippen LogP contribution in [0.2, 0.25) is 10.0 Å². The molecule has 0 spiro atoms. The van der Waals surface area contributed by atoms with E-state index in [-0.39, 0.29) is 11.6 Å². The Morgan fingerprint density at radius 1 is 1.13 bits per heavy atom. The van der Waals surface area contributed by atoms with E-state index in [1.165, 1.54) is 0 Å². The second kappa shape index (κ2) is 6.44. The molecule has 23 heavy (non-hydrogen) atoms. The lowest BCUT2D eigenvalue weighted by molar-refractivity contribution is -0.129. The molecular formula is C17H11Cl2NO3. The molecule has 0 aromatic heterocycles. The molecule has 4 nitrogen and oxygen atoms in total. The van der Waals surface area contributed by atoms with Crippen molar-refractivity contribution in [1.29, 1.82) is 0 Å². The predicted octanol–water partition coefficient (Wildman–Crippen LogP) is 4.35. The Hall–Kier alpha value is -2.30. The van der Waals surface area contributed by atoms with E-state index in [0.717, 1.165) is 0 Å². The minimum absolute atomic E-state index is 0.167. The summed E-state index contributed by atoms with van der Waals surface area (Å²) in [6.45, 7) is 0. The number of halogens is 2. The van der Waals surface area contributed by atoms with E-state index in [1.807, 2.05) is 0 Å². The summed E-state index contributed by atoms with van der Waals surface area (Å²) in [5.74, 6) is 0.411. The van der Waals surface area contributed by atoms with Crippen LogP contribution < -0.4 is 4.74 Å². The molecule has 1 heterocycles. The van der Waals surface area contributed by atoms with E-state index < -0.39 is 5.97 Å². The van der Waals surface area contributed by atoms with Gasteiger partial charge in [0, 0.05) is 5.56 Å². The fraction of sp³-hybridized carbons (Fsp3) is 0.0588. The number of benzene rings is 2. The summed E-state index contributed by atoms with van der Waals surface area (Å²) in [5, 5.41) is 0.773. The molecule has 1 aliphatic rings. The molecule has 0 unspecified atom stereocenters. The van der Waals surface area contributed by atoms with E-state index in [1.54, 1.807) is 55.7 Å². The number of rotatable bonds is 3. The first-order chi connectivity index (χ1) is 11.1. The number of carbonyl (C=O) groups is 1. The number of hydrogen-bond acceptors (Lipinski definition) is 4. The largest absolute Gasteiger partial charge is 0.497 e. The highest BCUT2D eigenvalue weighted by Crippen LogP contribution is 2.29. The topological polar surface area (TPSA) is 47.9 Å². The Morgan fingerprint density at radius 2 is 1.87 bits per heavy atom. The first-order valence-electron chi connectivity index (χ1n) is 6.69. The molecule has 0 saturated heterocycles. The van der Waals surface area contributed by atoms with Gasteiger partial charge >= 0.3 is 5.97 Å². The van der Waals surface area contributed by atoms with Gasteiger partial charge in [-0.25, -0.2) is 9.79 Å². The van der Waals surface area contributed by atoms with Crippen molar-refractivity contribution in [3.05, 3.63) is 69.3 Å². The molecule has 3 rings (SSSR count). The number of methoxy groups -OCH3 is 1. The van der Waals surface area contributed by atoms with Gasteiger partial charge in [-0.05, 0) is 42.0 Å². The monoisotopic (exact) mass is 347 g/mol. The molecule has 0 N–H and O–H groups in total. The van der Waals surface area contributed by atoms with Gasteiger partial charge in [-0.15, -0.1) is 0 Å². The number of carbonyl (C=O) groups excluding carboxylic acids is 1. The Kier molecular flexibility index (Phi) is 4.37. The Morgan fingerprint density at radius 3 is 2.57 bits per heavy atom. The maximum absolute atomic E-state index is 12.0. The molecule has 1 aliphatic heterocycles. The molecule has 0 radical (unpaired) electrons. The van der Waals surface area contributed by atoms with E-state index in [4.69, 9.17) is 32.7 Å². The highest BCUT2D eigenvalue weighted by atomic mass is 35.5. The fourth-order valence-electron chi connectivity index (χ4n) is 2.05. The van der Waals surface area contributed by atoms with E-state index >= 15 is 0 Å². The second-order valence-corrected chi connectivity index (χ2v) is 5.49. The maximum atomic E-state index is 12.0. The lowest BCUT2D eigenvalue weighted by atomic mass is 10.2. The van der Waals surface area contributed by atoms with Crippen molar-refractivity contribution in [3.63, 3.8) is 0 Å². The van der Waals surface area contributed by atoms with Crippen molar-refractivity contribution >= 4 is 41.1 Å². The van der Waals surface area contributed by atoms with E-state index in [9.17, 15) is 4.79 Å². The normalized spacial score (nSPS) is 15.5. The highest BCUT2D eigenvalue weighted by molar-refractivity contribution is 6.43. The van der Waals surface area contributed by atoms with Crippen LogP contribution in [0.15, 0.2) is 53.2 Å². The summed E-state index contributed by atoms with van der Waals surface area (Å²) >= 11 is 12.1. The molecule has 0 bridgehead atoms. The summed E-state index contributed by atoms with van der Waals surface area (Å²) in [4.78, 5) is 16.2. The molecule has 6 heteroatoms. The average Bonchev–Trinajstić information content (AvgIpc) is 2.93. The van der Waals surface area contributed by atoms with Gasteiger partial charge in [0.2, 0.25) is 5.90 Å². The minimum Gasteiger partial charge on any atom is -0.497 e. The summed E-state index contributed by atoms with van der Waals surface area (Å²) in [6, 6.07) is 12.2. The number of hydrogen-bond donors (Lipinski definition) is 0. The van der Waals surface area contributed by atoms with Gasteiger partial charge in [0.1, 0.15) is 5.75 Å². The van der Waals surface area contributed by atoms with Gasteiger partial charge < -0.3 is 9.47 Å². The quantitative estimate of drug-likeness (QED) is 0.612. The molecule has 0 amide bonds. The number of nitrogens with zero attached hydrogens (tertiary/aromatic N) is 1. The van der Waals surface area contributed by atoms with Crippen molar-refractivity contribution in [2.45, 2.75) is 0 Å². The van der Waals surface area contributed by atoms with E-state index in [2.05, 4.69) is 4.99 Å². The third kappa shape index (κ3) is 3.23. The summed E-state index contributed by atoms with van der Waals surface area (Å²) in [7, 11) is 1.58. The van der Waals surface area contributed by atoms with Gasteiger partial charge in [-0.1, -0.05) is 35.3 Å². The van der Waals surface area contributed by atoms with Crippen molar-refractivity contribution in [2.75, 3.05) is 7.11 Å². The summed E-state index contributed by atoms with van der Waals surface area (Å²) < 4.78 is 10.3. The molecule has 0 aliphatic carbocycles. The van der Waals surface area contributed by atoms with E-state index in [0.29, 0.717) is 26.9 Å². The third-order valence-electron chi connectivity index (χ3n) is 3.23. The van der Waals surface area contributed by atoms with Gasteiger partial charge in [0.15, 0.2) is 5.70 Å². The van der Waals surface area contributed by atoms with Crippen LogP contribution >= 0.6 is 23.2 Å². The lowest BCUT2D eigenvalue weighted by Crippen LogP contribution is -2.05. The SMILES string of the molecule is COc1ccc(C2=N/C(=C/c3cccc(Cl)c3Cl)C(=O)O2)cc1. The van der Waals surface area contributed by atoms with Gasteiger partial charge in [0.25, 0.3) is 0 Å². The van der Waals surface area contributed by atoms with Crippen LogP contribution in [0.1, 0.15) is 11.1 Å². The molecule has 116 valence electrons. The van der Waals surface area contributed by atoms with Crippen LogP contribution in [0, 0.1) is 0 Å². The molecule has 2 aromatic rings. The van der Waals surface area contributed by atoms with Crippen molar-refractivity contribution in [3.8, 4) is 5.75 Å². The third-order valence-corrected chi connectivity index (χ3v) is 4.06. The molecule has 0 saturated carbocycles. The van der Waals surface area contributed by atoms with Crippen molar-refractivity contribution < 1.29 is 14.3 Å². The number of ether oxygens (including phenoxy) is 2. The zero-order valence-corrected chi connectivity index (χ0v) is 13.6. The standard InChI is InChI=1S/C17H11Cl2NO3/c1-22-12-7-5-10(6-8-12)16-20-14(17(21)23-16)9-11-3-2-4-13(18)15(11)19/h2-9H,1H3/b14-9+. The van der Waals surface area contributed by atoms with Crippen LogP contribution in [0.4, 0.5) is 0 Å². The lowest BCUT2D eigenvalue weighted by Gasteiger charge is -2.01. The van der Waals surface area contributed by atoms with Gasteiger partial charge in [0.05, 0.1) is 17.2 Å². The number of esters is 1. The highest BCUT2D eigenvalue weighted by Gasteiger charge is 2.24. The van der Waals surface area contributed by atoms with Crippen LogP contribution in [0.5, 0.6) is 5.75 Å². The molecule has 0 atom stereocenters. The van der Waals surface area contributed by atoms with Crippen molar-refractivity contribution in [2.24, 2.45) is 4.99 Å². The first-order valence-corrected chi connectivity index (χ1v) is 7.45. The van der Waals surface area contributed by atoms with Gasteiger partial charge in [-0.2, -0.15) is 0 Å². The van der Waals surface area contributed by atoms with Crippen molar-refractivity contribution in [1.82, 2.24) is 0 Å². The minimum atomic E-state index is -0.535. The molecule has 0 fully saturated rings. The van der Waals surface area contributed by atoms with Crippen LogP contribution in [0.3, 0.4) is 0 Å². The van der Waals surface area contributed by atoms with Crippen LogP contribution in [0.25, 0.3) is 6.08 Å². The maximum Gasteiger partial charge on any atom is 0.363 e. The molecule has 2 aromatic carbocycles. The number of aliphatic imine (C=N–C) groups is 1. The summed E-state index contributed by atoms with van der Waals surface area (Å²) in [6.07, 6.45) is 1.55. The smallest absolute Gasteiger partial charge is 0.363 e. The second-order valence-electron chi connectivity index (χ2n) is 4.71. The number of cyclic esters (lactones) is 1. The average molecular weight is 348 g/mol. The van der Waals surface area contributed by atoms with Gasteiger partial charge in [-0.3, -0.25) is 0 Å². The Bertz CT molecular complexity index is 826. The zero-order valence-electron chi connectivity index (χ0n) is 12.0. The molecular weight excluding hydrogens is 337 g/mol. The van der Waals surface area contributed by atoms with Crippen LogP contribution in [-0.2, 0) is 9.53 Å². The summed E-state index contributed by atoms with van der Waals surface area (Å²) in [5.41, 5.74) is 1.45. The fourth-order valence-corrected chi connectivity index (χ4v) is 2.41. The van der Waals surface area contributed by atoms with Crippen LogP contribution in [-0.4, -0.2) is 19.0 Å². The zero-order chi connectivity index (χ0) is 16.4. The first kappa shape index (κ1) is 15.6.